The first-order valence-corrected chi connectivity index (χ1v) is 10.7. The van der Waals surface area contributed by atoms with Gasteiger partial charge in [-0.15, -0.1) is 0 Å². The molecule has 0 saturated carbocycles. The van der Waals surface area contributed by atoms with Crippen LogP contribution in [0.4, 0.5) is 0 Å². The molecule has 0 spiro atoms. The zero-order valence-electron chi connectivity index (χ0n) is 20.6. The first-order valence-electron chi connectivity index (χ1n) is 10.7. The predicted molar refractivity (Wildman–Crippen MR) is 134 cm³/mol. The average molecular weight is 485 g/mol. The first kappa shape index (κ1) is 25.7. The Morgan fingerprint density at radius 1 is 0.556 bits per heavy atom. The van der Waals surface area contributed by atoms with E-state index in [9.17, 15) is 9.59 Å². The van der Waals surface area contributed by atoms with Crippen LogP contribution in [-0.2, 0) is 9.47 Å². The van der Waals surface area contributed by atoms with Crippen molar-refractivity contribution in [3.8, 4) is 40.9 Å². The SMILES string of the molecule is COC(=O)c1ccc(C#Cc2cc(C#Cc3ccc(C(=O)OC)c(OC)c3)c(OC)cc2OC)cc1. The van der Waals surface area contributed by atoms with E-state index in [0.717, 1.165) is 0 Å². The van der Waals surface area contributed by atoms with Crippen molar-refractivity contribution in [3.63, 3.8) is 0 Å². The van der Waals surface area contributed by atoms with Crippen LogP contribution in [0.25, 0.3) is 0 Å². The number of benzene rings is 3. The third kappa shape index (κ3) is 5.97. The van der Waals surface area contributed by atoms with Gasteiger partial charge >= 0.3 is 11.9 Å². The second kappa shape index (κ2) is 12.0. The second-order valence-electron chi connectivity index (χ2n) is 7.23. The van der Waals surface area contributed by atoms with E-state index in [2.05, 4.69) is 23.7 Å². The summed E-state index contributed by atoms with van der Waals surface area (Å²) in [4.78, 5) is 23.5. The highest BCUT2D eigenvalue weighted by atomic mass is 16.5. The summed E-state index contributed by atoms with van der Waals surface area (Å²) in [6, 6.07) is 15.2. The molecule has 0 bridgehead atoms. The molecule has 0 radical (unpaired) electrons. The fourth-order valence-electron chi connectivity index (χ4n) is 3.23. The number of esters is 2. The lowest BCUT2D eigenvalue weighted by Gasteiger charge is -2.09. The minimum absolute atomic E-state index is 0.310. The smallest absolute Gasteiger partial charge is 0.341 e. The molecule has 3 aromatic carbocycles. The van der Waals surface area contributed by atoms with Crippen molar-refractivity contribution in [3.05, 3.63) is 88.0 Å². The van der Waals surface area contributed by atoms with Gasteiger partial charge in [0.2, 0.25) is 0 Å². The summed E-state index contributed by atoms with van der Waals surface area (Å²) in [7, 11) is 7.21. The van der Waals surface area contributed by atoms with E-state index in [-0.39, 0.29) is 0 Å². The monoisotopic (exact) mass is 484 g/mol. The Morgan fingerprint density at radius 2 is 1.08 bits per heavy atom. The molecule has 0 aromatic heterocycles. The Kier molecular flexibility index (Phi) is 8.58. The molecule has 0 saturated heterocycles. The highest BCUT2D eigenvalue weighted by Gasteiger charge is 2.13. The summed E-state index contributed by atoms with van der Waals surface area (Å²) in [6.07, 6.45) is 0. The molecule has 0 atom stereocenters. The van der Waals surface area contributed by atoms with E-state index in [1.54, 1.807) is 68.8 Å². The fraction of sp³-hybridized carbons (Fsp3) is 0.172. The molecule has 36 heavy (non-hydrogen) atoms. The minimum Gasteiger partial charge on any atom is -0.496 e. The Morgan fingerprint density at radius 3 is 1.61 bits per heavy atom. The molecule has 3 aromatic rings. The van der Waals surface area contributed by atoms with Gasteiger partial charge < -0.3 is 23.7 Å². The Labute approximate surface area is 209 Å². The molecule has 182 valence electrons. The average Bonchev–Trinajstić information content (AvgIpc) is 2.93. The van der Waals surface area contributed by atoms with Crippen LogP contribution in [0.3, 0.4) is 0 Å². The number of carbonyl (C=O) groups is 2. The van der Waals surface area contributed by atoms with E-state index < -0.39 is 11.9 Å². The molecule has 3 rings (SSSR count). The van der Waals surface area contributed by atoms with Gasteiger partial charge in [-0.1, -0.05) is 23.7 Å². The zero-order valence-corrected chi connectivity index (χ0v) is 20.6. The maximum absolute atomic E-state index is 11.9. The largest absolute Gasteiger partial charge is 0.496 e. The van der Waals surface area contributed by atoms with E-state index in [0.29, 0.717) is 50.6 Å². The summed E-state index contributed by atoms with van der Waals surface area (Å²) in [5, 5.41) is 0. The van der Waals surface area contributed by atoms with Gasteiger partial charge in [-0.3, -0.25) is 0 Å². The zero-order chi connectivity index (χ0) is 26.1. The maximum Gasteiger partial charge on any atom is 0.341 e. The fourth-order valence-corrected chi connectivity index (χ4v) is 3.23. The Balaban J connectivity index is 1.98. The number of ether oxygens (including phenoxy) is 5. The summed E-state index contributed by atoms with van der Waals surface area (Å²) < 4.78 is 25.8. The van der Waals surface area contributed by atoms with Gasteiger partial charge in [-0.25, -0.2) is 9.59 Å². The van der Waals surface area contributed by atoms with Gasteiger partial charge in [0.25, 0.3) is 0 Å². The minimum atomic E-state index is -0.494. The number of methoxy groups -OCH3 is 5. The van der Waals surface area contributed by atoms with Crippen LogP contribution in [0.15, 0.2) is 54.6 Å². The number of hydrogen-bond donors (Lipinski definition) is 0. The van der Waals surface area contributed by atoms with Crippen molar-refractivity contribution in [2.45, 2.75) is 0 Å². The van der Waals surface area contributed by atoms with Crippen LogP contribution in [-0.4, -0.2) is 47.5 Å². The molecular weight excluding hydrogens is 460 g/mol. The molecule has 7 nitrogen and oxygen atoms in total. The van der Waals surface area contributed by atoms with Crippen LogP contribution in [0, 0.1) is 23.7 Å². The molecule has 7 heteroatoms. The summed E-state index contributed by atoms with van der Waals surface area (Å²) in [5.74, 6) is 12.8. The van der Waals surface area contributed by atoms with E-state index in [1.165, 1.54) is 21.3 Å². The number of rotatable bonds is 5. The van der Waals surface area contributed by atoms with Gasteiger partial charge in [-0.05, 0) is 48.5 Å². The highest BCUT2D eigenvalue weighted by molar-refractivity contribution is 5.92. The summed E-state index contributed by atoms with van der Waals surface area (Å²) >= 11 is 0. The van der Waals surface area contributed by atoms with E-state index in [1.807, 2.05) is 0 Å². The molecule has 0 aliphatic rings. The number of carbonyl (C=O) groups excluding carboxylic acids is 2. The third-order valence-corrected chi connectivity index (χ3v) is 5.12. The molecule has 0 heterocycles. The van der Waals surface area contributed by atoms with Crippen LogP contribution in [0.2, 0.25) is 0 Å². The van der Waals surface area contributed by atoms with Crippen LogP contribution < -0.4 is 14.2 Å². The molecule has 0 amide bonds. The van der Waals surface area contributed by atoms with Crippen molar-refractivity contribution in [2.75, 3.05) is 35.5 Å². The Bertz CT molecular complexity index is 1400. The van der Waals surface area contributed by atoms with E-state index >= 15 is 0 Å². The van der Waals surface area contributed by atoms with Crippen molar-refractivity contribution in [1.82, 2.24) is 0 Å². The lowest BCUT2D eigenvalue weighted by molar-refractivity contribution is 0.0589. The van der Waals surface area contributed by atoms with Crippen LogP contribution in [0.5, 0.6) is 17.2 Å². The van der Waals surface area contributed by atoms with Crippen molar-refractivity contribution >= 4 is 11.9 Å². The van der Waals surface area contributed by atoms with Gasteiger partial charge in [0.15, 0.2) is 0 Å². The quantitative estimate of drug-likeness (QED) is 0.399. The van der Waals surface area contributed by atoms with Crippen molar-refractivity contribution in [2.24, 2.45) is 0 Å². The highest BCUT2D eigenvalue weighted by Crippen LogP contribution is 2.28. The van der Waals surface area contributed by atoms with E-state index in [4.69, 9.17) is 23.7 Å². The molecule has 0 aliphatic carbocycles. The maximum atomic E-state index is 11.9. The van der Waals surface area contributed by atoms with Crippen LogP contribution in [0.1, 0.15) is 43.0 Å². The molecule has 0 N–H and O–H groups in total. The second-order valence-corrected chi connectivity index (χ2v) is 7.23. The topological polar surface area (TPSA) is 80.3 Å². The molecular formula is C29H24O7. The first-order chi connectivity index (χ1) is 17.4. The molecule has 0 unspecified atom stereocenters. The van der Waals surface area contributed by atoms with Crippen molar-refractivity contribution < 1.29 is 33.3 Å². The molecule has 0 fully saturated rings. The summed E-state index contributed by atoms with van der Waals surface area (Å²) in [5.41, 5.74) is 3.31. The summed E-state index contributed by atoms with van der Waals surface area (Å²) in [6.45, 7) is 0. The van der Waals surface area contributed by atoms with Gasteiger partial charge in [0.1, 0.15) is 22.8 Å². The van der Waals surface area contributed by atoms with Gasteiger partial charge in [0.05, 0.1) is 52.2 Å². The Hall–Kier alpha value is -4.88. The van der Waals surface area contributed by atoms with Crippen LogP contribution >= 0.6 is 0 Å². The third-order valence-electron chi connectivity index (χ3n) is 5.12. The predicted octanol–water partition coefficient (Wildman–Crippen LogP) is 4.09. The number of hydrogen-bond acceptors (Lipinski definition) is 7. The lowest BCUT2D eigenvalue weighted by atomic mass is 10.1. The molecule has 0 aliphatic heterocycles. The normalized spacial score (nSPS) is 9.58. The lowest BCUT2D eigenvalue weighted by Crippen LogP contribution is -2.04. The standard InChI is InChI=1S/C29H24O7/c1-32-25-18-26(33-2)23(14-9-20-10-15-24(29(31)36-5)27(16-20)34-3)17-22(25)13-8-19-6-11-21(12-7-19)28(30)35-4/h6-7,10-12,15-18H,1-5H3. The van der Waals surface area contributed by atoms with Crippen molar-refractivity contribution in [1.29, 1.82) is 0 Å². The van der Waals surface area contributed by atoms with Gasteiger partial charge in [0, 0.05) is 17.2 Å². The van der Waals surface area contributed by atoms with Gasteiger partial charge in [-0.2, -0.15) is 0 Å².